The average molecular weight is 395 g/mol. The van der Waals surface area contributed by atoms with Crippen LogP contribution in [0.4, 0.5) is 0 Å². The summed E-state index contributed by atoms with van der Waals surface area (Å²) in [5, 5.41) is 0. The molecule has 0 saturated carbocycles. The summed E-state index contributed by atoms with van der Waals surface area (Å²) >= 11 is 0. The van der Waals surface area contributed by atoms with Crippen LogP contribution in [0.5, 0.6) is 5.75 Å². The molecule has 2 rings (SSSR count). The van der Waals surface area contributed by atoms with Crippen LogP contribution < -0.4 is 4.74 Å². The summed E-state index contributed by atoms with van der Waals surface area (Å²) in [6, 6.07) is 2.98. The molecular weight excluding hydrogens is 374 g/mol. The van der Waals surface area contributed by atoms with Gasteiger partial charge >= 0.3 is 17.9 Å². The second-order valence-electron chi connectivity index (χ2n) is 6.08. The number of carbonyl (C=O) groups excluding carboxylic acids is 4. The second-order valence-corrected chi connectivity index (χ2v) is 6.08. The van der Waals surface area contributed by atoms with E-state index in [2.05, 4.69) is 4.98 Å². The van der Waals surface area contributed by atoms with Gasteiger partial charge in [-0.1, -0.05) is 6.92 Å². The molecule has 10 heteroatoms. The Morgan fingerprint density at radius 3 is 2.36 bits per heavy atom. The molecular formula is C18H21NO9. The summed E-state index contributed by atoms with van der Waals surface area (Å²) in [5.41, 5.74) is -0.0232. The zero-order chi connectivity index (χ0) is 20.8. The highest BCUT2D eigenvalue weighted by molar-refractivity contribution is 5.76. The van der Waals surface area contributed by atoms with Crippen LogP contribution in [0.1, 0.15) is 31.3 Å². The van der Waals surface area contributed by atoms with Crippen LogP contribution in [0, 0.1) is 5.92 Å². The third-order valence-electron chi connectivity index (χ3n) is 4.06. The van der Waals surface area contributed by atoms with E-state index in [1.165, 1.54) is 39.3 Å². The van der Waals surface area contributed by atoms with E-state index < -0.39 is 48.4 Å². The molecule has 0 spiro atoms. The number of hydrogen-bond donors (Lipinski definition) is 0. The van der Waals surface area contributed by atoms with Crippen molar-refractivity contribution in [1.29, 1.82) is 0 Å². The summed E-state index contributed by atoms with van der Waals surface area (Å²) < 4.78 is 26.7. The Hall–Kier alpha value is -3.01. The van der Waals surface area contributed by atoms with Crippen molar-refractivity contribution in [2.75, 3.05) is 7.11 Å². The molecule has 5 atom stereocenters. The maximum Gasteiger partial charge on any atom is 0.335 e. The lowest BCUT2D eigenvalue weighted by molar-refractivity contribution is -0.266. The highest BCUT2D eigenvalue weighted by Crippen LogP contribution is 2.33. The van der Waals surface area contributed by atoms with Gasteiger partial charge in [0.15, 0.2) is 24.2 Å². The van der Waals surface area contributed by atoms with Gasteiger partial charge in [-0.15, -0.1) is 0 Å². The van der Waals surface area contributed by atoms with Crippen LogP contribution >= 0.6 is 0 Å². The number of aromatic nitrogens is 1. The number of hydrogen-bond acceptors (Lipinski definition) is 10. The Kier molecular flexibility index (Phi) is 7.05. The number of carbonyl (C=O) groups is 4. The number of methoxy groups -OCH3 is 1. The number of rotatable bonds is 6. The number of nitrogens with zero attached hydrogens (tertiary/aromatic N) is 1. The number of pyridine rings is 1. The predicted molar refractivity (Wildman–Crippen MR) is 91.2 cm³/mol. The first kappa shape index (κ1) is 21.3. The van der Waals surface area contributed by atoms with E-state index in [4.69, 9.17) is 23.7 Å². The normalized spacial score (nSPS) is 26.6. The molecule has 152 valence electrons. The summed E-state index contributed by atoms with van der Waals surface area (Å²) in [6.07, 6.45) is -2.91. The van der Waals surface area contributed by atoms with E-state index in [0.29, 0.717) is 6.29 Å². The smallest absolute Gasteiger partial charge is 0.335 e. The quantitative estimate of drug-likeness (QED) is 0.385. The molecule has 1 fully saturated rings. The fraction of sp³-hybridized carbons (Fsp3) is 0.500. The van der Waals surface area contributed by atoms with Crippen molar-refractivity contribution in [2.24, 2.45) is 5.92 Å². The molecule has 2 heterocycles. The monoisotopic (exact) mass is 395 g/mol. The summed E-state index contributed by atoms with van der Waals surface area (Å²) in [7, 11) is 1.18. The van der Waals surface area contributed by atoms with Gasteiger partial charge in [0.25, 0.3) is 0 Å². The molecule has 0 N–H and O–H groups in total. The third-order valence-corrected chi connectivity index (χ3v) is 4.06. The molecule has 10 nitrogen and oxygen atoms in total. The first-order valence-electron chi connectivity index (χ1n) is 8.43. The topological polar surface area (TPSA) is 127 Å². The highest BCUT2D eigenvalue weighted by atomic mass is 16.7. The first-order chi connectivity index (χ1) is 13.3. The van der Waals surface area contributed by atoms with Gasteiger partial charge < -0.3 is 23.7 Å². The molecule has 0 aliphatic carbocycles. The Balaban J connectivity index is 2.43. The van der Waals surface area contributed by atoms with Crippen molar-refractivity contribution in [3.8, 4) is 5.75 Å². The second kappa shape index (κ2) is 9.27. The van der Waals surface area contributed by atoms with Gasteiger partial charge in [-0.2, -0.15) is 0 Å². The van der Waals surface area contributed by atoms with E-state index in [-0.39, 0.29) is 11.4 Å². The van der Waals surface area contributed by atoms with Gasteiger partial charge in [-0.05, 0) is 12.1 Å². The molecule has 1 aliphatic rings. The van der Waals surface area contributed by atoms with Crippen LogP contribution in [0.25, 0.3) is 0 Å². The molecule has 0 radical (unpaired) electrons. The Bertz CT molecular complexity index is 750. The third kappa shape index (κ3) is 4.83. The van der Waals surface area contributed by atoms with Crippen LogP contribution in [0.2, 0.25) is 0 Å². The summed E-state index contributed by atoms with van der Waals surface area (Å²) in [4.78, 5) is 50.4. The van der Waals surface area contributed by atoms with E-state index in [9.17, 15) is 19.2 Å². The Labute approximate surface area is 161 Å². The highest BCUT2D eigenvalue weighted by Gasteiger charge is 2.52. The minimum atomic E-state index is -1.36. The van der Waals surface area contributed by atoms with Gasteiger partial charge in [-0.3, -0.25) is 14.4 Å². The van der Waals surface area contributed by atoms with Gasteiger partial charge in [0.1, 0.15) is 5.69 Å². The first-order valence-corrected chi connectivity index (χ1v) is 8.43. The van der Waals surface area contributed by atoms with E-state index in [0.717, 1.165) is 0 Å². The van der Waals surface area contributed by atoms with Gasteiger partial charge in [0.05, 0.1) is 7.11 Å². The van der Waals surface area contributed by atoms with Gasteiger partial charge in [-0.25, -0.2) is 9.78 Å². The minimum Gasteiger partial charge on any atom is -0.467 e. The van der Waals surface area contributed by atoms with E-state index in [1.54, 1.807) is 6.92 Å². The zero-order valence-electron chi connectivity index (χ0n) is 15.8. The largest absolute Gasteiger partial charge is 0.467 e. The van der Waals surface area contributed by atoms with E-state index >= 15 is 0 Å². The van der Waals surface area contributed by atoms with Crippen molar-refractivity contribution in [3.05, 3.63) is 24.0 Å². The molecule has 1 aromatic rings. The molecule has 0 aromatic carbocycles. The minimum absolute atomic E-state index is 0.0232. The fourth-order valence-corrected chi connectivity index (χ4v) is 2.85. The van der Waals surface area contributed by atoms with Crippen LogP contribution in [0.3, 0.4) is 0 Å². The van der Waals surface area contributed by atoms with Gasteiger partial charge in [0.2, 0.25) is 12.4 Å². The number of ether oxygens (including phenoxy) is 5. The van der Waals surface area contributed by atoms with E-state index in [1.807, 2.05) is 0 Å². The summed E-state index contributed by atoms with van der Waals surface area (Å²) in [5.74, 6) is -2.71. The number of esters is 3. The SMILES string of the molecule is COC(=O)[C@H]1O[C@@H](Oc2cccnc2C=O)[C@H](OC(C)=O)[C@@H](OC(C)=O)[C@@H]1C. The van der Waals surface area contributed by atoms with Crippen molar-refractivity contribution >= 4 is 24.2 Å². The molecule has 0 unspecified atom stereocenters. The number of aldehydes is 1. The molecule has 1 saturated heterocycles. The van der Waals surface area contributed by atoms with Crippen molar-refractivity contribution < 1.29 is 42.9 Å². The molecule has 1 aliphatic heterocycles. The molecule has 1 aromatic heterocycles. The van der Waals surface area contributed by atoms with Crippen LogP contribution in [-0.4, -0.2) is 60.9 Å². The zero-order valence-corrected chi connectivity index (χ0v) is 15.8. The molecule has 0 amide bonds. The Morgan fingerprint density at radius 2 is 1.79 bits per heavy atom. The lowest BCUT2D eigenvalue weighted by atomic mass is 9.90. The fourth-order valence-electron chi connectivity index (χ4n) is 2.85. The van der Waals surface area contributed by atoms with Crippen molar-refractivity contribution in [1.82, 2.24) is 4.98 Å². The maximum atomic E-state index is 12.1. The maximum absolute atomic E-state index is 12.1. The lowest BCUT2D eigenvalue weighted by Gasteiger charge is -2.42. The Morgan fingerprint density at radius 1 is 1.14 bits per heavy atom. The van der Waals surface area contributed by atoms with Crippen molar-refractivity contribution in [3.63, 3.8) is 0 Å². The summed E-state index contributed by atoms with van der Waals surface area (Å²) in [6.45, 7) is 3.93. The van der Waals surface area contributed by atoms with Crippen molar-refractivity contribution in [2.45, 2.75) is 45.4 Å². The average Bonchev–Trinajstić information content (AvgIpc) is 2.65. The molecule has 28 heavy (non-hydrogen) atoms. The van der Waals surface area contributed by atoms with Crippen LogP contribution in [-0.2, 0) is 33.3 Å². The van der Waals surface area contributed by atoms with Crippen LogP contribution in [0.15, 0.2) is 18.3 Å². The van der Waals surface area contributed by atoms with Gasteiger partial charge in [0, 0.05) is 26.0 Å². The molecule has 0 bridgehead atoms. The lowest BCUT2D eigenvalue weighted by Crippen LogP contribution is -2.60. The standard InChI is InChI=1S/C18H21NO9/c1-9-14(25-10(2)21)16(26-11(3)22)18(28-15(9)17(23)24-4)27-13-6-5-7-19-12(13)8-20/h5-9,14-16,18H,1-4H3/t9-,14-,15-,16+,18+/m0/s1. The predicted octanol–water partition coefficient (Wildman–Crippen LogP) is 0.670.